The molecular weight excluding hydrogens is 409 g/mol. The monoisotopic (exact) mass is 433 g/mol. The first kappa shape index (κ1) is 20.5. The van der Waals surface area contributed by atoms with Crippen molar-refractivity contribution in [2.45, 2.75) is 45.3 Å². The smallest absolute Gasteiger partial charge is 0.273 e. The molecular formula is C24H24FN5O2. The molecule has 1 saturated carbocycles. The van der Waals surface area contributed by atoms with E-state index in [2.05, 4.69) is 19.9 Å². The molecule has 3 fully saturated rings. The number of carbonyl (C=O) groups excluding carboxylic acids is 1. The van der Waals surface area contributed by atoms with Gasteiger partial charge < -0.3 is 9.64 Å². The third kappa shape index (κ3) is 3.81. The highest BCUT2D eigenvalue weighted by atomic mass is 19.1. The number of aryl methyl sites for hydroxylation is 2. The fraction of sp³-hybridized carbons (Fsp3) is 0.375. The van der Waals surface area contributed by atoms with Crippen LogP contribution in [0.15, 0.2) is 43.0 Å². The molecule has 3 aromatic rings. The van der Waals surface area contributed by atoms with E-state index < -0.39 is 5.82 Å². The summed E-state index contributed by atoms with van der Waals surface area (Å²) in [5, 5.41) is 0. The van der Waals surface area contributed by atoms with Gasteiger partial charge in [0.1, 0.15) is 11.8 Å². The molecule has 5 heterocycles. The molecule has 3 aliphatic rings. The molecule has 3 unspecified atom stereocenters. The van der Waals surface area contributed by atoms with E-state index >= 15 is 0 Å². The Morgan fingerprint density at radius 1 is 1.06 bits per heavy atom. The molecule has 2 aliphatic heterocycles. The molecule has 3 aromatic heterocycles. The molecule has 164 valence electrons. The highest BCUT2D eigenvalue weighted by Gasteiger charge is 2.45. The number of nitrogens with zero attached hydrogens (tertiary/aromatic N) is 5. The van der Waals surface area contributed by atoms with Crippen LogP contribution in [0.4, 0.5) is 4.39 Å². The summed E-state index contributed by atoms with van der Waals surface area (Å²) < 4.78 is 20.4. The second-order valence-corrected chi connectivity index (χ2v) is 8.64. The topological polar surface area (TPSA) is 81.1 Å². The zero-order valence-corrected chi connectivity index (χ0v) is 18.0. The van der Waals surface area contributed by atoms with E-state index in [1.807, 2.05) is 17.9 Å². The van der Waals surface area contributed by atoms with Gasteiger partial charge in [-0.05, 0) is 68.4 Å². The van der Waals surface area contributed by atoms with Gasteiger partial charge in [-0.1, -0.05) is 0 Å². The predicted molar refractivity (Wildman–Crippen MR) is 116 cm³/mol. The first-order valence-electron chi connectivity index (χ1n) is 10.8. The zero-order chi connectivity index (χ0) is 22.2. The number of fused-ring (bicyclic) bond motifs is 3. The van der Waals surface area contributed by atoms with Crippen LogP contribution in [0.1, 0.15) is 40.9 Å². The van der Waals surface area contributed by atoms with Crippen molar-refractivity contribution < 1.29 is 13.9 Å². The lowest BCUT2D eigenvalue weighted by atomic mass is 9.77. The Morgan fingerprint density at radius 3 is 2.56 bits per heavy atom. The summed E-state index contributed by atoms with van der Waals surface area (Å²) in [6.45, 7) is 4.34. The maximum absolute atomic E-state index is 14.4. The van der Waals surface area contributed by atoms with Gasteiger partial charge in [-0.15, -0.1) is 0 Å². The second kappa shape index (κ2) is 8.26. The van der Waals surface area contributed by atoms with E-state index in [1.165, 1.54) is 6.07 Å². The zero-order valence-electron chi connectivity index (χ0n) is 18.0. The molecule has 0 spiro atoms. The molecule has 0 aromatic carbocycles. The highest BCUT2D eigenvalue weighted by molar-refractivity contribution is 5.98. The predicted octanol–water partition coefficient (Wildman–Crippen LogP) is 3.76. The number of rotatable bonds is 4. The minimum Gasteiger partial charge on any atom is -0.470 e. The highest BCUT2D eigenvalue weighted by Crippen LogP contribution is 2.38. The molecule has 6 rings (SSSR count). The fourth-order valence-corrected chi connectivity index (χ4v) is 4.73. The molecule has 0 N–H and O–H groups in total. The lowest BCUT2D eigenvalue weighted by molar-refractivity contribution is -0.0328. The van der Waals surface area contributed by atoms with Crippen molar-refractivity contribution in [1.29, 1.82) is 0 Å². The molecule has 2 saturated heterocycles. The van der Waals surface area contributed by atoms with Gasteiger partial charge >= 0.3 is 0 Å². The van der Waals surface area contributed by atoms with E-state index in [4.69, 9.17) is 4.74 Å². The van der Waals surface area contributed by atoms with Crippen molar-refractivity contribution in [3.05, 3.63) is 65.6 Å². The van der Waals surface area contributed by atoms with Crippen molar-refractivity contribution in [3.8, 4) is 17.3 Å². The number of amides is 1. The fourth-order valence-electron chi connectivity index (χ4n) is 4.73. The SMILES string of the molecule is Cc1cnc(OC2CC3CCC2N(C(=O)c2ncc(C)cc2-c2ncccn2)C3)c(F)c1. The molecule has 2 bridgehead atoms. The number of pyridine rings is 2. The van der Waals surface area contributed by atoms with Crippen LogP contribution in [0.5, 0.6) is 5.88 Å². The molecule has 32 heavy (non-hydrogen) atoms. The normalized spacial score (nSPS) is 22.1. The maximum Gasteiger partial charge on any atom is 0.273 e. The van der Waals surface area contributed by atoms with Crippen LogP contribution in [0.2, 0.25) is 0 Å². The van der Waals surface area contributed by atoms with Crippen LogP contribution in [0.25, 0.3) is 11.4 Å². The first-order valence-corrected chi connectivity index (χ1v) is 10.8. The molecule has 1 amide bonds. The second-order valence-electron chi connectivity index (χ2n) is 8.64. The molecule has 8 heteroatoms. The van der Waals surface area contributed by atoms with Crippen LogP contribution in [-0.4, -0.2) is 49.4 Å². The standard InChI is InChI=1S/C24H24FN5O2/c1-14-8-17(22-26-6-3-7-27-22)21(28-11-14)24(31)30-13-16-4-5-19(30)20(10-16)32-23-18(25)9-15(2)12-29-23/h3,6-9,11-12,16,19-20H,4-5,10,13H2,1-2H3. The minimum absolute atomic E-state index is 0.00705. The summed E-state index contributed by atoms with van der Waals surface area (Å²) >= 11 is 0. The number of carbonyl (C=O) groups is 1. The maximum atomic E-state index is 14.4. The Bertz CT molecular complexity index is 1160. The van der Waals surface area contributed by atoms with Crippen molar-refractivity contribution in [2.24, 2.45) is 5.92 Å². The summed E-state index contributed by atoms with van der Waals surface area (Å²) in [6.07, 6.45) is 8.86. The van der Waals surface area contributed by atoms with E-state index in [9.17, 15) is 9.18 Å². The Kier molecular flexibility index (Phi) is 5.28. The number of aromatic nitrogens is 4. The van der Waals surface area contributed by atoms with Gasteiger partial charge in [-0.3, -0.25) is 9.78 Å². The van der Waals surface area contributed by atoms with Gasteiger partial charge in [0.25, 0.3) is 11.8 Å². The first-order chi connectivity index (χ1) is 15.5. The van der Waals surface area contributed by atoms with Crippen LogP contribution >= 0.6 is 0 Å². The summed E-state index contributed by atoms with van der Waals surface area (Å²) in [6, 6.07) is 4.87. The third-order valence-electron chi connectivity index (χ3n) is 6.22. The Balaban J connectivity index is 1.45. The average molecular weight is 433 g/mol. The van der Waals surface area contributed by atoms with Gasteiger partial charge in [0, 0.05) is 31.3 Å². The van der Waals surface area contributed by atoms with Crippen LogP contribution < -0.4 is 4.74 Å². The number of ether oxygens (including phenoxy) is 1. The van der Waals surface area contributed by atoms with Crippen molar-refractivity contribution in [2.75, 3.05) is 6.54 Å². The van der Waals surface area contributed by atoms with Gasteiger partial charge in [0.05, 0.1) is 11.6 Å². The summed E-state index contributed by atoms with van der Waals surface area (Å²) in [5.41, 5.74) is 2.60. The number of halogens is 1. The van der Waals surface area contributed by atoms with E-state index in [0.717, 1.165) is 30.4 Å². The molecule has 1 aliphatic carbocycles. The van der Waals surface area contributed by atoms with E-state index in [1.54, 1.807) is 37.8 Å². The van der Waals surface area contributed by atoms with Gasteiger partial charge in [-0.2, -0.15) is 0 Å². The average Bonchev–Trinajstić information content (AvgIpc) is 2.81. The quantitative estimate of drug-likeness (QED) is 0.623. The van der Waals surface area contributed by atoms with E-state index in [0.29, 0.717) is 29.5 Å². The summed E-state index contributed by atoms with van der Waals surface area (Å²) in [7, 11) is 0. The lowest BCUT2D eigenvalue weighted by Crippen LogP contribution is -2.59. The van der Waals surface area contributed by atoms with Gasteiger partial charge in [0.2, 0.25) is 0 Å². The molecule has 7 nitrogen and oxygen atoms in total. The van der Waals surface area contributed by atoms with Crippen molar-refractivity contribution in [1.82, 2.24) is 24.8 Å². The third-order valence-corrected chi connectivity index (χ3v) is 6.22. The Labute approximate surface area is 185 Å². The summed E-state index contributed by atoms with van der Waals surface area (Å²) in [5.74, 6) is 0.102. The Morgan fingerprint density at radius 2 is 1.81 bits per heavy atom. The minimum atomic E-state index is -0.479. The number of hydrogen-bond donors (Lipinski definition) is 0. The van der Waals surface area contributed by atoms with E-state index in [-0.39, 0.29) is 23.9 Å². The van der Waals surface area contributed by atoms with Crippen molar-refractivity contribution in [3.63, 3.8) is 0 Å². The van der Waals surface area contributed by atoms with Gasteiger partial charge in [-0.25, -0.2) is 19.3 Å². The Hall–Kier alpha value is -3.42. The van der Waals surface area contributed by atoms with Gasteiger partial charge in [0.15, 0.2) is 11.6 Å². The van der Waals surface area contributed by atoms with Crippen LogP contribution in [-0.2, 0) is 0 Å². The molecule has 3 atom stereocenters. The van der Waals surface area contributed by atoms with Crippen LogP contribution in [0, 0.1) is 25.6 Å². The number of hydrogen-bond acceptors (Lipinski definition) is 6. The lowest BCUT2D eigenvalue weighted by Gasteiger charge is -2.49. The van der Waals surface area contributed by atoms with Crippen molar-refractivity contribution >= 4 is 5.91 Å². The summed E-state index contributed by atoms with van der Waals surface area (Å²) in [4.78, 5) is 32.7. The molecule has 0 radical (unpaired) electrons. The van der Waals surface area contributed by atoms with Crippen LogP contribution in [0.3, 0.4) is 0 Å². The number of piperidine rings is 2. The largest absolute Gasteiger partial charge is 0.470 e.